The van der Waals surface area contributed by atoms with Crippen molar-refractivity contribution in [2.45, 2.75) is 159 Å². The van der Waals surface area contributed by atoms with Crippen molar-refractivity contribution in [3.05, 3.63) is 72.9 Å². The van der Waals surface area contributed by atoms with Crippen molar-refractivity contribution in [2.24, 2.45) is 0 Å². The molecule has 55 heavy (non-hydrogen) atoms. The Balaban J connectivity index is 2.62. The predicted molar refractivity (Wildman–Crippen MR) is 212 cm³/mol. The number of hydrogen-bond acceptors (Lipinski definition) is 12. The molecule has 6 N–H and O–H groups in total. The van der Waals surface area contributed by atoms with Crippen LogP contribution in [0.1, 0.15) is 117 Å². The zero-order chi connectivity index (χ0) is 40.7. The van der Waals surface area contributed by atoms with E-state index in [4.69, 9.17) is 18.5 Å². The van der Waals surface area contributed by atoms with Gasteiger partial charge in [0.05, 0.1) is 6.61 Å². The second-order valence-corrected chi connectivity index (χ2v) is 14.9. The van der Waals surface area contributed by atoms with Gasteiger partial charge in [-0.3, -0.25) is 18.6 Å². The summed E-state index contributed by atoms with van der Waals surface area (Å²) in [5.74, 6) is -1.23. The van der Waals surface area contributed by atoms with E-state index in [0.29, 0.717) is 12.8 Å². The maximum absolute atomic E-state index is 12.7. The molecule has 0 aromatic carbocycles. The summed E-state index contributed by atoms with van der Waals surface area (Å²) in [5, 5.41) is 49.9. The average Bonchev–Trinajstić information content (AvgIpc) is 3.16. The zero-order valence-corrected chi connectivity index (χ0v) is 33.6. The number of phosphoric ester groups is 1. The minimum absolute atomic E-state index is 0.0359. The van der Waals surface area contributed by atoms with Crippen molar-refractivity contribution in [1.82, 2.24) is 0 Å². The van der Waals surface area contributed by atoms with Crippen LogP contribution < -0.4 is 0 Å². The Morgan fingerprint density at radius 2 is 1.15 bits per heavy atom. The summed E-state index contributed by atoms with van der Waals surface area (Å²) in [4.78, 5) is 35.4. The molecule has 0 radical (unpaired) electrons. The fraction of sp³-hybridized carbons (Fsp3) is 0.659. The molecule has 0 bridgehead atoms. The van der Waals surface area contributed by atoms with Crippen molar-refractivity contribution in [3.8, 4) is 0 Å². The summed E-state index contributed by atoms with van der Waals surface area (Å²) in [6, 6.07) is 0. The fourth-order valence-electron chi connectivity index (χ4n) is 5.41. The highest BCUT2D eigenvalue weighted by molar-refractivity contribution is 7.47. The van der Waals surface area contributed by atoms with Gasteiger partial charge in [0.1, 0.15) is 43.2 Å². The van der Waals surface area contributed by atoms with Crippen LogP contribution in [0.25, 0.3) is 0 Å². The molecule has 1 aliphatic carbocycles. The Kier molecular flexibility index (Phi) is 28.7. The molecule has 0 aromatic heterocycles. The third kappa shape index (κ3) is 24.5. The van der Waals surface area contributed by atoms with E-state index in [-0.39, 0.29) is 12.8 Å². The fourth-order valence-corrected chi connectivity index (χ4v) is 6.38. The summed E-state index contributed by atoms with van der Waals surface area (Å²) in [6.07, 6.45) is 24.3. The molecule has 0 aliphatic heterocycles. The van der Waals surface area contributed by atoms with E-state index in [0.717, 1.165) is 38.5 Å². The van der Waals surface area contributed by atoms with Crippen LogP contribution in [0.3, 0.4) is 0 Å². The zero-order valence-electron chi connectivity index (χ0n) is 32.7. The lowest BCUT2D eigenvalue weighted by atomic mass is 9.85. The largest absolute Gasteiger partial charge is 0.472 e. The first-order chi connectivity index (χ1) is 26.4. The van der Waals surface area contributed by atoms with Gasteiger partial charge in [0.2, 0.25) is 0 Å². The number of esters is 2. The molecule has 0 heterocycles. The summed E-state index contributed by atoms with van der Waals surface area (Å²) < 4.78 is 33.2. The molecule has 1 aliphatic rings. The van der Waals surface area contributed by atoms with Gasteiger partial charge in [0.25, 0.3) is 0 Å². The number of aliphatic hydroxyl groups excluding tert-OH is 5. The number of unbranched alkanes of at least 4 members (excludes halogenated alkanes) is 9. The van der Waals surface area contributed by atoms with E-state index < -0.39 is 75.7 Å². The number of carbonyl (C=O) groups excluding carboxylic acids is 2. The van der Waals surface area contributed by atoms with Crippen molar-refractivity contribution < 1.29 is 63.1 Å². The monoisotopic (exact) mass is 798 g/mol. The molecule has 13 nitrogen and oxygen atoms in total. The topological polar surface area (TPSA) is 210 Å². The molecule has 7 unspecified atom stereocenters. The minimum Gasteiger partial charge on any atom is -0.462 e. The molecule has 0 aromatic rings. The number of aliphatic hydroxyl groups is 5. The highest BCUT2D eigenvalue weighted by Gasteiger charge is 2.51. The van der Waals surface area contributed by atoms with Crippen molar-refractivity contribution >= 4 is 19.8 Å². The van der Waals surface area contributed by atoms with Gasteiger partial charge < -0.3 is 39.9 Å². The summed E-state index contributed by atoms with van der Waals surface area (Å²) in [7, 11) is -5.14. The highest BCUT2D eigenvalue weighted by atomic mass is 31.2. The molecule has 8 atom stereocenters. The number of allylic oxidation sites excluding steroid dienone is 12. The van der Waals surface area contributed by atoms with Crippen LogP contribution >= 0.6 is 7.82 Å². The van der Waals surface area contributed by atoms with E-state index in [2.05, 4.69) is 32.1 Å². The molecule has 1 saturated carbocycles. The molecule has 0 spiro atoms. The highest BCUT2D eigenvalue weighted by Crippen LogP contribution is 2.47. The molecule has 314 valence electrons. The first-order valence-corrected chi connectivity index (χ1v) is 21.3. The maximum Gasteiger partial charge on any atom is 0.472 e. The lowest BCUT2D eigenvalue weighted by Crippen LogP contribution is -2.64. The van der Waals surface area contributed by atoms with Crippen LogP contribution in [0.5, 0.6) is 0 Å². The Labute approximate surface area is 327 Å². The number of ether oxygens (including phenoxy) is 2. The summed E-state index contributed by atoms with van der Waals surface area (Å²) >= 11 is 0. The van der Waals surface area contributed by atoms with Crippen molar-refractivity contribution in [2.75, 3.05) is 13.2 Å². The van der Waals surface area contributed by atoms with Crippen LogP contribution in [-0.2, 0) is 32.7 Å². The van der Waals surface area contributed by atoms with E-state index in [9.17, 15) is 44.6 Å². The van der Waals surface area contributed by atoms with Crippen molar-refractivity contribution in [3.63, 3.8) is 0 Å². The third-order valence-corrected chi connectivity index (χ3v) is 9.62. The first-order valence-electron chi connectivity index (χ1n) is 19.8. The smallest absolute Gasteiger partial charge is 0.462 e. The lowest BCUT2D eigenvalue weighted by molar-refractivity contribution is -0.220. The standard InChI is InChI=1S/C41H67O13P/c1-3-5-7-9-11-13-15-17-19-21-23-25-27-29-34(42)51-31-33(32-52-55(49,50)54-41-39(47)37(45)36(44)38(46)40(41)48)53-35(43)30-28-26-24-22-20-18-16-14-12-10-8-6-4-2/h6,8,10,12,14,16-20,23,25,33,36-41,44-48H,3-5,7,9,11,13,15,21-22,24,26-32H2,1-2H3,(H,49,50)/b8-6+,12-10+,16-14+,19-17+,20-18+,25-23+/t33?,36?,37-,38?,39?,40?,41?/m1/s1. The number of phosphoric acid groups is 1. The van der Waals surface area contributed by atoms with Gasteiger partial charge in [0.15, 0.2) is 6.10 Å². The first kappa shape index (κ1) is 50.3. The average molecular weight is 799 g/mol. The molecular weight excluding hydrogens is 731 g/mol. The number of hydrogen-bond donors (Lipinski definition) is 6. The van der Waals surface area contributed by atoms with E-state index in [1.807, 2.05) is 54.7 Å². The summed E-state index contributed by atoms with van der Waals surface area (Å²) in [5.41, 5.74) is 0. The SMILES string of the molecule is CC/C=C/C=C/C=C/C=C/CCCCCC(=O)OC(COC(=O)CC/C=C/C/C=C/CCCCCCCC)COP(=O)(O)OC1C(O)C(O)C(O)[C@@H](O)C1O. The molecule has 1 fully saturated rings. The second kappa shape index (κ2) is 31.4. The van der Waals surface area contributed by atoms with E-state index >= 15 is 0 Å². The van der Waals surface area contributed by atoms with E-state index in [1.54, 1.807) is 0 Å². The van der Waals surface area contributed by atoms with Gasteiger partial charge in [0, 0.05) is 12.8 Å². The van der Waals surface area contributed by atoms with Crippen LogP contribution in [-0.4, -0.2) is 98.3 Å². The van der Waals surface area contributed by atoms with Gasteiger partial charge in [-0.25, -0.2) is 4.57 Å². The van der Waals surface area contributed by atoms with Crippen LogP contribution in [0.4, 0.5) is 0 Å². The van der Waals surface area contributed by atoms with Crippen molar-refractivity contribution in [1.29, 1.82) is 0 Å². The Morgan fingerprint density at radius 1 is 0.600 bits per heavy atom. The van der Waals surface area contributed by atoms with Gasteiger partial charge in [-0.15, -0.1) is 0 Å². The van der Waals surface area contributed by atoms with Gasteiger partial charge in [-0.05, 0) is 51.4 Å². The van der Waals surface area contributed by atoms with Crippen LogP contribution in [0.15, 0.2) is 72.9 Å². The normalized spacial score (nSPS) is 23.9. The summed E-state index contributed by atoms with van der Waals surface area (Å²) in [6.45, 7) is 3.01. The number of carbonyl (C=O) groups is 2. The van der Waals surface area contributed by atoms with Crippen LogP contribution in [0.2, 0.25) is 0 Å². The minimum atomic E-state index is -5.14. The predicted octanol–water partition coefficient (Wildman–Crippen LogP) is 6.38. The quantitative estimate of drug-likeness (QED) is 0.0153. The van der Waals surface area contributed by atoms with Gasteiger partial charge in [-0.1, -0.05) is 125 Å². The molecular formula is C41H67O13P. The molecule has 0 amide bonds. The number of rotatable bonds is 30. The van der Waals surface area contributed by atoms with Gasteiger partial charge >= 0.3 is 19.8 Å². The second-order valence-electron chi connectivity index (χ2n) is 13.5. The maximum atomic E-state index is 12.7. The molecule has 1 rings (SSSR count). The Hall–Kier alpha value is -2.71. The lowest BCUT2D eigenvalue weighted by Gasteiger charge is -2.41. The molecule has 14 heteroatoms. The van der Waals surface area contributed by atoms with Crippen LogP contribution in [0, 0.1) is 0 Å². The van der Waals surface area contributed by atoms with Gasteiger partial charge in [-0.2, -0.15) is 0 Å². The Morgan fingerprint density at radius 3 is 1.80 bits per heavy atom. The third-order valence-electron chi connectivity index (χ3n) is 8.64. The Bertz CT molecular complexity index is 1240. The van der Waals surface area contributed by atoms with E-state index in [1.165, 1.54) is 38.5 Å². The molecule has 0 saturated heterocycles.